The van der Waals surface area contributed by atoms with Gasteiger partial charge in [0.05, 0.1) is 11.4 Å². The number of rotatable bonds is 20. The first-order chi connectivity index (χ1) is 43.9. The summed E-state index contributed by atoms with van der Waals surface area (Å²) in [6.45, 7) is 47.9. The number of nitrogens with one attached hydrogen (secondary N) is 2. The fourth-order valence-corrected chi connectivity index (χ4v) is 9.64. The molecule has 6 rings (SSSR count). The number of ether oxygens (including phenoxy) is 4. The number of hydrogen-bond acceptors (Lipinski definition) is 10. The van der Waals surface area contributed by atoms with Crippen molar-refractivity contribution in [1.29, 1.82) is 0 Å². The third kappa shape index (κ3) is 30.5. The molecule has 0 saturated carbocycles. The van der Waals surface area contributed by atoms with E-state index in [2.05, 4.69) is 49.0 Å². The number of carbonyl (C=O) groups is 4. The molecule has 0 saturated heterocycles. The summed E-state index contributed by atoms with van der Waals surface area (Å²) in [4.78, 5) is 67.4. The number of unbranched alkanes of at least 4 members (excludes halogenated alkanes) is 6. The van der Waals surface area contributed by atoms with E-state index < -0.39 is 46.8 Å². The topological polar surface area (TPSA) is 194 Å². The number of allylic oxidation sites excluding steroid dienone is 6. The van der Waals surface area contributed by atoms with Crippen LogP contribution >= 0.6 is 0 Å². The van der Waals surface area contributed by atoms with Gasteiger partial charge in [0.1, 0.15) is 45.2 Å². The van der Waals surface area contributed by atoms with Gasteiger partial charge in [-0.25, -0.2) is 29.2 Å². The van der Waals surface area contributed by atoms with Crippen molar-refractivity contribution in [1.82, 2.24) is 10.6 Å². The lowest BCUT2D eigenvalue weighted by Gasteiger charge is -2.29. The zero-order chi connectivity index (χ0) is 70.8. The molecule has 0 aliphatic heterocycles. The standard InChI is InChI=1S/C69H92N8O8.C5H12.2C2H6/c1-46-40-52(34-36-54(46)74-62(78)82-66(5,6)7)72-56-42-48(3)60(44-58(56)70-50-30-24-22-25-31-50)76(64(80)84-68(11,12)13)38-28-20-18-17-19-21-29-39-77(65(81)85-69(14,15)16)61-45-59(71-51-32-26-23-27-33-51)57(43-49(61)4)73-53-35-37-55(47(2)41-53)75-63(79)83-67(8,9)10;1-5(2,3)4;2*1-2/h22-27,30-33,36-37,40-45,70-71H,17-21,28-29,34-35,38-39H2,1-16H3,(H,74,78)(H,75,79);1-4H3;2*1-2H3/p+2. The van der Waals surface area contributed by atoms with Gasteiger partial charge in [-0.2, -0.15) is 0 Å². The highest BCUT2D eigenvalue weighted by molar-refractivity contribution is 6.02. The summed E-state index contributed by atoms with van der Waals surface area (Å²) in [6, 6.07) is 28.3. The summed E-state index contributed by atoms with van der Waals surface area (Å²) < 4.78 is 23.1. The zero-order valence-corrected chi connectivity index (χ0v) is 61.9. The number of benzene rings is 4. The molecule has 94 heavy (non-hydrogen) atoms. The number of alkyl carbamates (subject to hydrolysis) is 2. The molecule has 0 aromatic heterocycles. The van der Waals surface area contributed by atoms with E-state index >= 15 is 0 Å². The number of amides is 4. The van der Waals surface area contributed by atoms with Crippen molar-refractivity contribution in [2.75, 3.05) is 22.9 Å². The van der Waals surface area contributed by atoms with Crippen LogP contribution in [0.3, 0.4) is 0 Å². The number of para-hydroxylation sites is 2. The largest absolute Gasteiger partial charge is 0.444 e. The van der Waals surface area contributed by atoms with Crippen LogP contribution in [-0.2, 0) is 18.9 Å². The highest BCUT2D eigenvalue weighted by atomic mass is 16.6. The highest BCUT2D eigenvalue weighted by Crippen LogP contribution is 2.36. The Morgan fingerprint density at radius 1 is 0.447 bits per heavy atom. The van der Waals surface area contributed by atoms with Crippen molar-refractivity contribution < 1.29 is 48.8 Å². The van der Waals surface area contributed by atoms with Crippen LogP contribution < -0.4 is 31.1 Å². The molecule has 0 spiro atoms. The first kappa shape index (κ1) is 80.4. The minimum atomic E-state index is -0.705. The summed E-state index contributed by atoms with van der Waals surface area (Å²) >= 11 is 0. The van der Waals surface area contributed by atoms with E-state index in [0.29, 0.717) is 42.7 Å². The summed E-state index contributed by atoms with van der Waals surface area (Å²) in [5.41, 5.74) is 11.1. The van der Waals surface area contributed by atoms with Crippen LogP contribution in [0.15, 0.2) is 142 Å². The number of nitrogens with zero attached hydrogens (tertiary/aromatic N) is 4. The number of nitrogens with two attached hydrogens (primary N) is 2. The summed E-state index contributed by atoms with van der Waals surface area (Å²) in [5, 5.41) is 9.93. The maximum atomic E-state index is 14.2. The van der Waals surface area contributed by atoms with Gasteiger partial charge < -0.3 is 18.9 Å². The molecule has 6 N–H and O–H groups in total. The average molecular weight is 1300 g/mol. The molecule has 0 heterocycles. The minimum absolute atomic E-state index is 0.405. The maximum Gasteiger partial charge on any atom is 0.414 e. The lowest BCUT2D eigenvalue weighted by atomic mass is 10.0. The van der Waals surface area contributed by atoms with Crippen LogP contribution in [0.2, 0.25) is 0 Å². The Hall–Kier alpha value is -7.82. The van der Waals surface area contributed by atoms with E-state index in [-0.39, 0.29) is 0 Å². The van der Waals surface area contributed by atoms with Crippen LogP contribution in [0.5, 0.6) is 0 Å². The number of aliphatic imine (C=N–C) groups is 2. The van der Waals surface area contributed by atoms with E-state index in [0.717, 1.165) is 124 Å². The minimum Gasteiger partial charge on any atom is -0.444 e. The molecular formula is C78H118N8O8+2. The second kappa shape index (κ2) is 37.3. The number of hydrogen-bond donors (Lipinski definition) is 4. The maximum absolute atomic E-state index is 14.2. The number of anilines is 2. The Bertz CT molecular complexity index is 3090. The van der Waals surface area contributed by atoms with Crippen molar-refractivity contribution in [3.8, 4) is 0 Å². The molecule has 4 aromatic rings. The van der Waals surface area contributed by atoms with E-state index in [9.17, 15) is 19.2 Å². The number of carbonyl (C=O) groups excluding carboxylic acids is 4. The van der Waals surface area contributed by atoms with Crippen LogP contribution in [0.1, 0.15) is 221 Å². The van der Waals surface area contributed by atoms with E-state index in [4.69, 9.17) is 28.9 Å². The molecule has 0 fully saturated rings. The van der Waals surface area contributed by atoms with E-state index in [1.807, 2.05) is 248 Å². The number of aryl methyl sites for hydroxylation is 2. The Balaban J connectivity index is 0.00000242. The number of quaternary nitrogens is 2. The highest BCUT2D eigenvalue weighted by Gasteiger charge is 2.29. The fraction of sp³-hybridized carbons (Fsp3) is 0.513. The lowest BCUT2D eigenvalue weighted by Crippen LogP contribution is -2.71. The SMILES string of the molecule is CC.CC.CC(C)(C)C.CC1=CC(=Nc2cc(C)c(N(CCCCCCCCCN(C(=O)OC(C)(C)C)c3cc([NH2+]c4ccccc4)c(N=C4C=C(C)C(NC(=O)OC(C)(C)C)=CC4)cc3C)C(=O)OC(C)(C)C)cc2[NH2+]c2ccccc2)CC=C1NC(=O)OC(C)(C)C. The molecular weight excluding hydrogens is 1180 g/mol. The van der Waals surface area contributed by atoms with Crippen LogP contribution in [0.4, 0.5) is 64.7 Å². The third-order valence-electron chi connectivity index (χ3n) is 13.5. The molecule has 4 amide bonds. The summed E-state index contributed by atoms with van der Waals surface area (Å²) in [6.07, 6.45) is 13.4. The van der Waals surface area contributed by atoms with E-state index in [1.54, 1.807) is 9.80 Å². The van der Waals surface area contributed by atoms with Gasteiger partial charge in [0.2, 0.25) is 0 Å². The van der Waals surface area contributed by atoms with E-state index in [1.165, 1.54) is 0 Å². The molecule has 0 atom stereocenters. The summed E-state index contributed by atoms with van der Waals surface area (Å²) in [7, 11) is 0. The first-order valence-corrected chi connectivity index (χ1v) is 33.9. The Morgan fingerprint density at radius 3 is 1.03 bits per heavy atom. The van der Waals surface area contributed by atoms with Gasteiger partial charge in [0.25, 0.3) is 0 Å². The first-order valence-electron chi connectivity index (χ1n) is 33.9. The van der Waals surface area contributed by atoms with Crippen molar-refractivity contribution in [3.63, 3.8) is 0 Å². The Morgan fingerprint density at radius 2 is 0.745 bits per heavy atom. The van der Waals surface area contributed by atoms with Gasteiger partial charge in [-0.15, -0.1) is 0 Å². The molecule has 16 heteroatoms. The van der Waals surface area contributed by atoms with Gasteiger partial charge in [-0.3, -0.25) is 31.1 Å². The van der Waals surface area contributed by atoms with Gasteiger partial charge >= 0.3 is 24.4 Å². The summed E-state index contributed by atoms with van der Waals surface area (Å²) in [5.74, 6) is 0. The Kier molecular flexibility index (Phi) is 31.9. The second-order valence-corrected chi connectivity index (χ2v) is 29.0. The molecule has 0 bridgehead atoms. The average Bonchev–Trinajstić information content (AvgIpc) is 0.806. The van der Waals surface area contributed by atoms with Crippen LogP contribution in [0, 0.1) is 19.3 Å². The second-order valence-electron chi connectivity index (χ2n) is 29.0. The van der Waals surface area contributed by atoms with Gasteiger partial charge in [0, 0.05) is 60.9 Å². The van der Waals surface area contributed by atoms with Crippen molar-refractivity contribution >= 4 is 81.3 Å². The van der Waals surface area contributed by atoms with Gasteiger partial charge in [0.15, 0.2) is 11.4 Å². The molecule has 2 aliphatic rings. The quantitative estimate of drug-likeness (QED) is 0.0381. The van der Waals surface area contributed by atoms with Crippen LogP contribution in [0.25, 0.3) is 0 Å². The molecule has 4 aromatic carbocycles. The van der Waals surface area contributed by atoms with Crippen LogP contribution in [-0.4, -0.2) is 71.3 Å². The molecule has 516 valence electrons. The van der Waals surface area contributed by atoms with Gasteiger partial charge in [-0.05, 0) is 200 Å². The van der Waals surface area contributed by atoms with Gasteiger partial charge in [-0.1, -0.05) is 136 Å². The normalized spacial score (nSPS) is 14.2. The predicted octanol–water partition coefficient (Wildman–Crippen LogP) is 20.0. The molecule has 0 unspecified atom stereocenters. The molecule has 0 radical (unpaired) electrons. The smallest absolute Gasteiger partial charge is 0.414 e. The molecule has 16 nitrogen and oxygen atoms in total. The monoisotopic (exact) mass is 1290 g/mol. The fourth-order valence-electron chi connectivity index (χ4n) is 9.64. The molecule has 2 aliphatic carbocycles. The third-order valence-corrected chi connectivity index (χ3v) is 13.5. The van der Waals surface area contributed by atoms with Crippen molar-refractivity contribution in [2.45, 2.75) is 246 Å². The predicted molar refractivity (Wildman–Crippen MR) is 391 cm³/mol. The van der Waals surface area contributed by atoms with Crippen molar-refractivity contribution in [3.05, 3.63) is 143 Å². The Labute approximate surface area is 565 Å². The zero-order valence-electron chi connectivity index (χ0n) is 61.9. The van der Waals surface area contributed by atoms with Crippen molar-refractivity contribution in [2.24, 2.45) is 15.4 Å². The lowest BCUT2D eigenvalue weighted by molar-refractivity contribution is -0.478.